The van der Waals surface area contributed by atoms with Crippen LogP contribution < -0.4 is 4.74 Å². The van der Waals surface area contributed by atoms with Gasteiger partial charge in [0, 0.05) is 0 Å². The van der Waals surface area contributed by atoms with E-state index < -0.39 is 24.1 Å². The number of rotatable bonds is 3. The molecular formula is C9H7F3O3. The fourth-order valence-corrected chi connectivity index (χ4v) is 1.09. The van der Waals surface area contributed by atoms with Gasteiger partial charge in [-0.1, -0.05) is 0 Å². The van der Waals surface area contributed by atoms with Gasteiger partial charge in [-0.05, 0) is 24.6 Å². The molecule has 0 saturated heterocycles. The third kappa shape index (κ3) is 2.61. The zero-order valence-corrected chi connectivity index (χ0v) is 7.63. The van der Waals surface area contributed by atoms with Gasteiger partial charge in [0.25, 0.3) is 0 Å². The molecule has 1 aromatic carbocycles. The molecule has 0 aliphatic rings. The van der Waals surface area contributed by atoms with Crippen molar-refractivity contribution in [3.8, 4) is 5.75 Å². The van der Waals surface area contributed by atoms with E-state index >= 15 is 0 Å². The highest BCUT2D eigenvalue weighted by Gasteiger charge is 2.16. The maximum Gasteiger partial charge on any atom is 0.387 e. The molecule has 0 aliphatic heterocycles. The first-order valence-electron chi connectivity index (χ1n) is 3.90. The van der Waals surface area contributed by atoms with E-state index in [1.807, 2.05) is 0 Å². The average Bonchev–Trinajstić information content (AvgIpc) is 2.10. The summed E-state index contributed by atoms with van der Waals surface area (Å²) in [6.45, 7) is -1.86. The maximum absolute atomic E-state index is 13.1. The number of ether oxygens (including phenoxy) is 1. The van der Waals surface area contributed by atoms with Crippen LogP contribution in [0.2, 0.25) is 0 Å². The summed E-state index contributed by atoms with van der Waals surface area (Å²) in [6, 6.07) is 1.69. The second-order valence-electron chi connectivity index (χ2n) is 2.79. The first-order valence-corrected chi connectivity index (χ1v) is 3.90. The number of hydrogen-bond acceptors (Lipinski definition) is 2. The van der Waals surface area contributed by atoms with Crippen LogP contribution in [0.3, 0.4) is 0 Å². The molecule has 1 aromatic rings. The van der Waals surface area contributed by atoms with Gasteiger partial charge in [0.2, 0.25) is 0 Å². The quantitative estimate of drug-likeness (QED) is 0.850. The Morgan fingerprint density at radius 1 is 1.47 bits per heavy atom. The van der Waals surface area contributed by atoms with Gasteiger partial charge in [0.1, 0.15) is 0 Å². The van der Waals surface area contributed by atoms with E-state index in [0.717, 1.165) is 6.07 Å². The Balaban J connectivity index is 3.15. The van der Waals surface area contributed by atoms with Gasteiger partial charge in [-0.3, -0.25) is 0 Å². The van der Waals surface area contributed by atoms with Crippen molar-refractivity contribution in [1.82, 2.24) is 0 Å². The van der Waals surface area contributed by atoms with Crippen molar-refractivity contribution in [2.75, 3.05) is 0 Å². The molecule has 0 spiro atoms. The molecule has 0 bridgehead atoms. The molecular weight excluding hydrogens is 213 g/mol. The molecule has 82 valence electrons. The molecule has 0 unspecified atom stereocenters. The normalized spacial score (nSPS) is 10.5. The predicted molar refractivity (Wildman–Crippen MR) is 44.7 cm³/mol. The Hall–Kier alpha value is -1.72. The summed E-state index contributed by atoms with van der Waals surface area (Å²) in [5, 5.41) is 8.55. The second-order valence-corrected chi connectivity index (χ2v) is 2.79. The number of alkyl halides is 2. The number of aryl methyl sites for hydroxylation is 1. The smallest absolute Gasteiger partial charge is 0.387 e. The van der Waals surface area contributed by atoms with Crippen LogP contribution in [-0.2, 0) is 0 Å². The summed E-state index contributed by atoms with van der Waals surface area (Å²) in [5.74, 6) is -3.08. The highest BCUT2D eigenvalue weighted by atomic mass is 19.3. The fraction of sp³-hybridized carbons (Fsp3) is 0.222. The number of carboxylic acids is 1. The summed E-state index contributed by atoms with van der Waals surface area (Å²) >= 11 is 0. The van der Waals surface area contributed by atoms with Crippen LogP contribution in [0.25, 0.3) is 0 Å². The SMILES string of the molecule is Cc1cc(C(=O)O)cc(F)c1OC(F)F. The summed E-state index contributed by atoms with van der Waals surface area (Å²) in [4.78, 5) is 10.5. The number of carboxylic acid groups (broad SMARTS) is 1. The van der Waals surface area contributed by atoms with E-state index in [1.54, 1.807) is 0 Å². The van der Waals surface area contributed by atoms with Crippen molar-refractivity contribution >= 4 is 5.97 Å². The molecule has 0 atom stereocenters. The summed E-state index contributed by atoms with van der Waals surface area (Å²) < 4.78 is 40.7. The van der Waals surface area contributed by atoms with Crippen LogP contribution in [0.5, 0.6) is 5.75 Å². The number of aromatic carboxylic acids is 1. The van der Waals surface area contributed by atoms with Gasteiger partial charge in [-0.15, -0.1) is 0 Å². The number of carbonyl (C=O) groups is 1. The molecule has 0 fully saturated rings. The van der Waals surface area contributed by atoms with Crippen LogP contribution in [0, 0.1) is 12.7 Å². The van der Waals surface area contributed by atoms with Crippen LogP contribution in [-0.4, -0.2) is 17.7 Å². The molecule has 3 nitrogen and oxygen atoms in total. The highest BCUT2D eigenvalue weighted by molar-refractivity contribution is 5.88. The van der Waals surface area contributed by atoms with Crippen molar-refractivity contribution in [2.45, 2.75) is 13.5 Å². The standard InChI is InChI=1S/C9H7F3O3/c1-4-2-5(8(13)14)3-6(10)7(4)15-9(11)12/h2-3,9H,1H3,(H,13,14). The topological polar surface area (TPSA) is 46.5 Å². The van der Waals surface area contributed by atoms with Crippen LogP contribution in [0.15, 0.2) is 12.1 Å². The lowest BCUT2D eigenvalue weighted by Crippen LogP contribution is -2.07. The van der Waals surface area contributed by atoms with E-state index in [1.165, 1.54) is 6.92 Å². The average molecular weight is 220 g/mol. The van der Waals surface area contributed by atoms with Crippen molar-refractivity contribution in [3.05, 3.63) is 29.1 Å². The largest absolute Gasteiger partial charge is 0.478 e. The van der Waals surface area contributed by atoms with E-state index in [4.69, 9.17) is 5.11 Å². The summed E-state index contributed by atoms with van der Waals surface area (Å²) in [5.41, 5.74) is -0.306. The van der Waals surface area contributed by atoms with Crippen molar-refractivity contribution in [1.29, 1.82) is 0 Å². The monoisotopic (exact) mass is 220 g/mol. The van der Waals surface area contributed by atoms with Gasteiger partial charge in [0.05, 0.1) is 5.56 Å². The molecule has 6 heteroatoms. The molecule has 1 N–H and O–H groups in total. The second kappa shape index (κ2) is 4.20. The lowest BCUT2D eigenvalue weighted by Gasteiger charge is -2.09. The molecule has 1 rings (SSSR count). The third-order valence-corrected chi connectivity index (χ3v) is 1.68. The zero-order chi connectivity index (χ0) is 11.6. The third-order valence-electron chi connectivity index (χ3n) is 1.68. The van der Waals surface area contributed by atoms with Gasteiger partial charge in [0.15, 0.2) is 11.6 Å². The van der Waals surface area contributed by atoms with E-state index in [2.05, 4.69) is 4.74 Å². The van der Waals surface area contributed by atoms with E-state index in [9.17, 15) is 18.0 Å². The van der Waals surface area contributed by atoms with Gasteiger partial charge in [-0.25, -0.2) is 9.18 Å². The molecule has 0 saturated carbocycles. The summed E-state index contributed by atoms with van der Waals surface area (Å²) in [7, 11) is 0. The molecule has 0 radical (unpaired) electrons. The highest BCUT2D eigenvalue weighted by Crippen LogP contribution is 2.25. The molecule has 0 amide bonds. The van der Waals surface area contributed by atoms with Crippen LogP contribution >= 0.6 is 0 Å². The molecule has 0 aliphatic carbocycles. The molecule has 0 aromatic heterocycles. The van der Waals surface area contributed by atoms with Gasteiger partial charge in [-0.2, -0.15) is 8.78 Å². The van der Waals surface area contributed by atoms with Crippen molar-refractivity contribution in [3.63, 3.8) is 0 Å². The molecule has 15 heavy (non-hydrogen) atoms. The van der Waals surface area contributed by atoms with E-state index in [0.29, 0.717) is 6.07 Å². The zero-order valence-electron chi connectivity index (χ0n) is 7.63. The van der Waals surface area contributed by atoms with Gasteiger partial charge >= 0.3 is 12.6 Å². The summed E-state index contributed by atoms with van der Waals surface area (Å²) in [6.07, 6.45) is 0. The Labute approximate surface area is 83.1 Å². The minimum atomic E-state index is -3.14. The maximum atomic E-state index is 13.1. The number of hydrogen-bond donors (Lipinski definition) is 1. The first-order chi connectivity index (χ1) is 6.91. The predicted octanol–water partition coefficient (Wildman–Crippen LogP) is 2.43. The number of halogens is 3. The Morgan fingerprint density at radius 2 is 2.07 bits per heavy atom. The first kappa shape index (κ1) is 11.4. The Kier molecular flexibility index (Phi) is 3.18. The molecule has 0 heterocycles. The lowest BCUT2D eigenvalue weighted by molar-refractivity contribution is -0.0526. The Morgan fingerprint density at radius 3 is 2.47 bits per heavy atom. The lowest BCUT2D eigenvalue weighted by atomic mass is 10.1. The van der Waals surface area contributed by atoms with Crippen LogP contribution in [0.1, 0.15) is 15.9 Å². The van der Waals surface area contributed by atoms with Crippen LogP contribution in [0.4, 0.5) is 13.2 Å². The van der Waals surface area contributed by atoms with E-state index in [-0.39, 0.29) is 11.1 Å². The minimum Gasteiger partial charge on any atom is -0.478 e. The van der Waals surface area contributed by atoms with Crippen molar-refractivity contribution in [2.24, 2.45) is 0 Å². The van der Waals surface area contributed by atoms with Crippen molar-refractivity contribution < 1.29 is 27.8 Å². The fourth-order valence-electron chi connectivity index (χ4n) is 1.09. The van der Waals surface area contributed by atoms with Gasteiger partial charge < -0.3 is 9.84 Å². The Bertz CT molecular complexity index is 367. The minimum absolute atomic E-state index is 0.00713. The number of benzene rings is 1.